The Labute approximate surface area is 222 Å². The van der Waals surface area contributed by atoms with E-state index < -0.39 is 30.2 Å². The molecule has 0 spiro atoms. The van der Waals surface area contributed by atoms with E-state index in [-0.39, 0.29) is 48.6 Å². The van der Waals surface area contributed by atoms with Gasteiger partial charge in [0.25, 0.3) is 11.8 Å². The minimum absolute atomic E-state index is 0.123. The highest BCUT2D eigenvalue weighted by Crippen LogP contribution is 2.33. The van der Waals surface area contributed by atoms with E-state index in [2.05, 4.69) is 15.7 Å². The fourth-order valence-electron chi connectivity index (χ4n) is 3.99. The molecule has 2 heterocycles. The molecule has 0 saturated heterocycles. The van der Waals surface area contributed by atoms with Crippen LogP contribution in [0.1, 0.15) is 23.8 Å². The summed E-state index contributed by atoms with van der Waals surface area (Å²) < 4.78 is 51.9. The molecule has 1 atom stereocenters. The largest absolute Gasteiger partial charge is 0.493 e. The third kappa shape index (κ3) is 7.48. The monoisotopic (exact) mass is 547 g/mol. The summed E-state index contributed by atoms with van der Waals surface area (Å²) in [6.07, 6.45) is 0.395. The second kappa shape index (κ2) is 11.7. The number of likely N-dealkylation sites (N-methyl/N-ethyl adjacent to an activating group) is 1. The average molecular weight is 548 g/mol. The van der Waals surface area contributed by atoms with Crippen LogP contribution in [0, 0.1) is 5.82 Å². The predicted molar refractivity (Wildman–Crippen MR) is 135 cm³/mol. The van der Waals surface area contributed by atoms with Crippen molar-refractivity contribution in [1.29, 1.82) is 0 Å². The molecule has 208 valence electrons. The number of carbonyl (C=O) groups is 2. The predicted octanol–water partition coefficient (Wildman–Crippen LogP) is 3.56. The standard InChI is InChI=1S/C26H28F3N5O5/c1-26(28,29)15-39-20-5-3-4-19(12-20)38-11-10-18-13-34-24(25(36)30-18)23(31-21(35)14-33(2)37)22(32-34)16-6-8-17(27)9-7-16/h3-9,12,18,37H,10-11,13-15H2,1-2H3,(H,30,36)(H,31,35). The minimum Gasteiger partial charge on any atom is -0.493 e. The van der Waals surface area contributed by atoms with E-state index in [1.807, 2.05) is 0 Å². The van der Waals surface area contributed by atoms with Crippen LogP contribution < -0.4 is 20.1 Å². The van der Waals surface area contributed by atoms with Gasteiger partial charge in [-0.05, 0) is 36.4 Å². The SMILES string of the molecule is CN(O)CC(=O)Nc1c(-c2ccc(F)cc2)nn2c1C(=O)NC(CCOc1cccc(OCC(C)(F)F)c1)C2. The number of carbonyl (C=O) groups excluding carboxylic acids is 2. The highest BCUT2D eigenvalue weighted by atomic mass is 19.3. The molecule has 1 unspecified atom stereocenters. The van der Waals surface area contributed by atoms with Crippen LogP contribution in [0.5, 0.6) is 11.5 Å². The number of aromatic nitrogens is 2. The lowest BCUT2D eigenvalue weighted by atomic mass is 10.1. The van der Waals surface area contributed by atoms with Crippen molar-refractivity contribution in [3.8, 4) is 22.8 Å². The Balaban J connectivity index is 1.46. The van der Waals surface area contributed by atoms with Crippen molar-refractivity contribution in [2.75, 3.05) is 32.1 Å². The van der Waals surface area contributed by atoms with Gasteiger partial charge in [-0.25, -0.2) is 13.2 Å². The van der Waals surface area contributed by atoms with Crippen LogP contribution in [-0.4, -0.2) is 70.6 Å². The van der Waals surface area contributed by atoms with Crippen LogP contribution in [0.25, 0.3) is 11.3 Å². The van der Waals surface area contributed by atoms with Gasteiger partial charge >= 0.3 is 0 Å². The number of hydrogen-bond donors (Lipinski definition) is 3. The smallest absolute Gasteiger partial charge is 0.278 e. The molecule has 4 rings (SSSR count). The van der Waals surface area contributed by atoms with Gasteiger partial charge in [0.2, 0.25) is 5.91 Å². The molecule has 0 radical (unpaired) electrons. The van der Waals surface area contributed by atoms with Crippen LogP contribution in [0.15, 0.2) is 48.5 Å². The zero-order chi connectivity index (χ0) is 28.2. The Kier molecular flexibility index (Phi) is 8.41. The van der Waals surface area contributed by atoms with Crippen LogP contribution in [0.4, 0.5) is 18.9 Å². The molecule has 0 saturated carbocycles. The van der Waals surface area contributed by atoms with Crippen molar-refractivity contribution in [1.82, 2.24) is 20.2 Å². The van der Waals surface area contributed by atoms with Crippen molar-refractivity contribution in [3.05, 3.63) is 60.0 Å². The Morgan fingerprint density at radius 2 is 1.92 bits per heavy atom. The lowest BCUT2D eigenvalue weighted by Crippen LogP contribution is -2.45. The highest BCUT2D eigenvalue weighted by Gasteiger charge is 2.32. The zero-order valence-electron chi connectivity index (χ0n) is 21.3. The van der Waals surface area contributed by atoms with Gasteiger partial charge in [-0.15, -0.1) is 0 Å². The van der Waals surface area contributed by atoms with E-state index in [0.29, 0.717) is 22.8 Å². The Hall–Kier alpha value is -4.10. The normalized spacial score (nSPS) is 15.1. The van der Waals surface area contributed by atoms with Crippen molar-refractivity contribution in [2.45, 2.75) is 31.9 Å². The second-order valence-corrected chi connectivity index (χ2v) is 9.27. The third-order valence-corrected chi connectivity index (χ3v) is 5.68. The maximum Gasteiger partial charge on any atom is 0.278 e. The molecule has 2 amide bonds. The lowest BCUT2D eigenvalue weighted by molar-refractivity contribution is -0.128. The first-order valence-electron chi connectivity index (χ1n) is 12.1. The molecular formula is C26H28F3N5O5. The summed E-state index contributed by atoms with van der Waals surface area (Å²) in [7, 11) is 1.31. The highest BCUT2D eigenvalue weighted by molar-refractivity contribution is 6.07. The minimum atomic E-state index is -2.96. The molecule has 13 heteroatoms. The van der Waals surface area contributed by atoms with Gasteiger partial charge in [0, 0.05) is 32.0 Å². The number of hydrogen-bond acceptors (Lipinski definition) is 7. The first-order valence-corrected chi connectivity index (χ1v) is 12.1. The summed E-state index contributed by atoms with van der Waals surface area (Å²) in [5.74, 6) is -3.79. The van der Waals surface area contributed by atoms with Gasteiger partial charge in [-0.2, -0.15) is 10.2 Å². The van der Waals surface area contributed by atoms with Crippen LogP contribution in [0.2, 0.25) is 0 Å². The first kappa shape index (κ1) is 27.9. The molecule has 39 heavy (non-hydrogen) atoms. The van der Waals surface area contributed by atoms with Gasteiger partial charge in [-0.1, -0.05) is 6.07 Å². The number of anilines is 1. The summed E-state index contributed by atoms with van der Waals surface area (Å²) in [5.41, 5.74) is 1.04. The summed E-state index contributed by atoms with van der Waals surface area (Å²) >= 11 is 0. The maximum absolute atomic E-state index is 13.5. The number of rotatable bonds is 11. The molecule has 0 aliphatic carbocycles. The summed E-state index contributed by atoms with van der Waals surface area (Å²) in [4.78, 5) is 25.5. The van der Waals surface area contributed by atoms with Crippen molar-refractivity contribution >= 4 is 17.5 Å². The van der Waals surface area contributed by atoms with E-state index in [9.17, 15) is 28.0 Å². The number of hydroxylamine groups is 2. The number of benzene rings is 2. The van der Waals surface area contributed by atoms with Gasteiger partial charge in [-0.3, -0.25) is 14.3 Å². The first-order chi connectivity index (χ1) is 18.5. The fraction of sp³-hybridized carbons (Fsp3) is 0.346. The lowest BCUT2D eigenvalue weighted by Gasteiger charge is -2.25. The van der Waals surface area contributed by atoms with E-state index in [4.69, 9.17) is 9.47 Å². The number of nitrogens with zero attached hydrogens (tertiary/aromatic N) is 3. The van der Waals surface area contributed by atoms with Crippen molar-refractivity contribution in [3.63, 3.8) is 0 Å². The zero-order valence-corrected chi connectivity index (χ0v) is 21.3. The summed E-state index contributed by atoms with van der Waals surface area (Å²) in [6, 6.07) is 11.4. The molecule has 1 aliphatic heterocycles. The van der Waals surface area contributed by atoms with E-state index in [0.717, 1.165) is 6.92 Å². The quantitative estimate of drug-likeness (QED) is 0.314. The molecule has 3 aromatic rings. The number of amides is 2. The Bertz CT molecular complexity index is 1320. The molecular weight excluding hydrogens is 519 g/mol. The van der Waals surface area contributed by atoms with Gasteiger partial charge in [0.1, 0.15) is 35.2 Å². The molecule has 0 bridgehead atoms. The van der Waals surface area contributed by atoms with Crippen molar-refractivity contribution in [2.24, 2.45) is 0 Å². The van der Waals surface area contributed by atoms with E-state index in [1.165, 1.54) is 42.1 Å². The number of alkyl halides is 2. The molecule has 3 N–H and O–H groups in total. The molecule has 2 aromatic carbocycles. The number of ether oxygens (including phenoxy) is 2. The second-order valence-electron chi connectivity index (χ2n) is 9.27. The average Bonchev–Trinajstić information content (AvgIpc) is 3.21. The fourth-order valence-corrected chi connectivity index (χ4v) is 3.99. The van der Waals surface area contributed by atoms with Gasteiger partial charge in [0.15, 0.2) is 12.3 Å². The van der Waals surface area contributed by atoms with E-state index >= 15 is 0 Å². The van der Waals surface area contributed by atoms with Crippen LogP contribution in [-0.2, 0) is 11.3 Å². The van der Waals surface area contributed by atoms with Gasteiger partial charge < -0.3 is 25.3 Å². The van der Waals surface area contributed by atoms with Crippen LogP contribution >= 0.6 is 0 Å². The summed E-state index contributed by atoms with van der Waals surface area (Å²) in [6.45, 7) is 0.136. The maximum atomic E-state index is 13.5. The van der Waals surface area contributed by atoms with Crippen molar-refractivity contribution < 1.29 is 37.4 Å². The third-order valence-electron chi connectivity index (χ3n) is 5.68. The van der Waals surface area contributed by atoms with Crippen LogP contribution in [0.3, 0.4) is 0 Å². The number of nitrogens with one attached hydrogen (secondary N) is 2. The Morgan fingerprint density at radius 1 is 1.23 bits per heavy atom. The summed E-state index contributed by atoms with van der Waals surface area (Å²) in [5, 5.41) is 20.1. The molecule has 1 aliphatic rings. The topological polar surface area (TPSA) is 118 Å². The van der Waals surface area contributed by atoms with Gasteiger partial charge in [0.05, 0.1) is 19.2 Å². The molecule has 0 fully saturated rings. The molecule has 10 nitrogen and oxygen atoms in total. The molecule has 1 aromatic heterocycles. The number of halogens is 3. The number of fused-ring (bicyclic) bond motifs is 1. The van der Waals surface area contributed by atoms with E-state index in [1.54, 1.807) is 18.2 Å². The Morgan fingerprint density at radius 3 is 2.59 bits per heavy atom.